The number of carbonyl (C=O) groups is 1. The van der Waals surface area contributed by atoms with Crippen LogP contribution in [0.3, 0.4) is 0 Å². The Kier molecular flexibility index (Phi) is 11.5. The molecule has 0 spiro atoms. The maximum Gasteiger partial charge on any atom is 0.282 e. The Hall–Kier alpha value is -1.03. The van der Waals surface area contributed by atoms with Gasteiger partial charge in [0.05, 0.1) is 13.1 Å². The average Bonchev–Trinajstić information content (AvgIpc) is 2.92. The summed E-state index contributed by atoms with van der Waals surface area (Å²) in [5.41, 5.74) is 4.59. The van der Waals surface area contributed by atoms with Gasteiger partial charge in [0.2, 0.25) is 0 Å². The molecule has 3 rings (SSSR count). The summed E-state index contributed by atoms with van der Waals surface area (Å²) >= 11 is 0. The monoisotopic (exact) mass is 484 g/mol. The van der Waals surface area contributed by atoms with Gasteiger partial charge in [0.15, 0.2) is 6.04 Å². The van der Waals surface area contributed by atoms with E-state index < -0.39 is 0 Å². The molecule has 1 amide bonds. The van der Waals surface area contributed by atoms with Crippen molar-refractivity contribution in [2.24, 2.45) is 0 Å². The van der Waals surface area contributed by atoms with E-state index >= 15 is 0 Å². The van der Waals surface area contributed by atoms with Gasteiger partial charge in [-0.3, -0.25) is 4.79 Å². The van der Waals surface area contributed by atoms with Gasteiger partial charge in [-0.15, -0.1) is 0 Å². The van der Waals surface area contributed by atoms with Crippen molar-refractivity contribution in [3.05, 3.63) is 65.2 Å². The fourth-order valence-corrected chi connectivity index (χ4v) is 4.89. The van der Waals surface area contributed by atoms with Crippen molar-refractivity contribution >= 4 is 11.6 Å². The number of nitrogens with zero attached hydrogens (tertiary/aromatic N) is 1. The van der Waals surface area contributed by atoms with Crippen LogP contribution in [0.2, 0.25) is 0 Å². The van der Waals surface area contributed by atoms with Crippen molar-refractivity contribution in [1.82, 2.24) is 0 Å². The number of amides is 1. The van der Waals surface area contributed by atoms with E-state index in [4.69, 9.17) is 0 Å². The quantitative estimate of drug-likeness (QED) is 0.483. The normalized spacial score (nSPS) is 16.4. The Morgan fingerprint density at radius 3 is 2.03 bits per heavy atom. The van der Waals surface area contributed by atoms with E-state index in [9.17, 15) is 4.79 Å². The molecule has 1 radical (unpaired) electrons. The maximum atomic E-state index is 13.5. The van der Waals surface area contributed by atoms with Gasteiger partial charge in [-0.25, -0.2) is 0 Å². The van der Waals surface area contributed by atoms with Gasteiger partial charge in [-0.1, -0.05) is 62.9 Å². The zero-order chi connectivity index (χ0) is 20.0. The van der Waals surface area contributed by atoms with Crippen molar-refractivity contribution in [2.45, 2.75) is 72.9 Å². The van der Waals surface area contributed by atoms with Crippen LogP contribution < -0.4 is 5.32 Å². The maximum absolute atomic E-state index is 13.5. The second kappa shape index (κ2) is 12.7. The first-order valence-corrected chi connectivity index (χ1v) is 10.8. The van der Waals surface area contributed by atoms with Gasteiger partial charge in [0.25, 0.3) is 5.91 Å². The predicted molar refractivity (Wildman–Crippen MR) is 124 cm³/mol. The van der Waals surface area contributed by atoms with Gasteiger partial charge >= 0.3 is 0 Å². The smallest absolute Gasteiger partial charge is 0.282 e. The number of benzene rings is 2. The van der Waals surface area contributed by atoms with Crippen LogP contribution in [0.25, 0.3) is 0 Å². The molecule has 1 unspecified atom stereocenters. The molecule has 1 N–H and O–H groups in total. The molecule has 1 saturated heterocycles. The molecule has 4 heteroatoms. The third-order valence-electron chi connectivity index (χ3n) is 6.38. The number of likely N-dealkylation sites (tertiary alicyclic amines) is 1. The van der Waals surface area contributed by atoms with Gasteiger partial charge in [0, 0.05) is 50.4 Å². The molecule has 1 heterocycles. The van der Waals surface area contributed by atoms with Gasteiger partial charge < -0.3 is 9.80 Å². The van der Waals surface area contributed by atoms with Gasteiger partial charge in [0.1, 0.15) is 6.54 Å². The number of hydrogen-bond acceptors (Lipinski definition) is 1. The van der Waals surface area contributed by atoms with E-state index in [-0.39, 0.29) is 52.1 Å². The second-order valence-electron chi connectivity index (χ2n) is 8.40. The van der Waals surface area contributed by atoms with Crippen molar-refractivity contribution in [1.29, 1.82) is 0 Å². The van der Waals surface area contributed by atoms with Crippen LogP contribution in [0.4, 0.5) is 5.69 Å². The minimum atomic E-state index is -0.0164. The molecule has 0 aliphatic carbocycles. The number of carbonyl (C=O) groups excluding carboxylic acids is 1. The number of rotatable bonds is 6. The summed E-state index contributed by atoms with van der Waals surface area (Å²) in [4.78, 5) is 13.5. The Labute approximate surface area is 209 Å². The molecule has 0 saturated carbocycles. The third-order valence-corrected chi connectivity index (χ3v) is 6.38. The van der Waals surface area contributed by atoms with Crippen LogP contribution in [0.5, 0.6) is 0 Å². The van der Waals surface area contributed by atoms with Crippen molar-refractivity contribution < 1.29 is 42.0 Å². The molecule has 1 fully saturated rings. The van der Waals surface area contributed by atoms with Crippen LogP contribution in [0, 0.1) is 13.8 Å². The molecule has 0 bridgehead atoms. The Morgan fingerprint density at radius 1 is 0.933 bits per heavy atom. The Morgan fingerprint density at radius 2 is 1.50 bits per heavy atom. The summed E-state index contributed by atoms with van der Waals surface area (Å²) in [6.07, 6.45) is 5.84. The Bertz CT molecular complexity index is 763. The molecule has 3 nitrogen and oxygen atoms in total. The molecule has 0 aromatic heterocycles. The fraction of sp³-hybridized carbons (Fsp3) is 0.500. The molecule has 1 aliphatic rings. The van der Waals surface area contributed by atoms with Crippen LogP contribution in [0.1, 0.15) is 63.1 Å². The number of quaternary nitrogens is 1. The molecular formula is C26H39N2OY+. The first kappa shape index (κ1) is 27.0. The van der Waals surface area contributed by atoms with E-state index in [1.807, 2.05) is 0 Å². The van der Waals surface area contributed by atoms with Crippen molar-refractivity contribution in [2.75, 3.05) is 18.4 Å². The fourth-order valence-electron chi connectivity index (χ4n) is 4.89. The zero-order valence-corrected chi connectivity index (χ0v) is 21.1. The molecule has 1 aliphatic heterocycles. The summed E-state index contributed by atoms with van der Waals surface area (Å²) in [5.74, 6) is 0.178. The van der Waals surface area contributed by atoms with Crippen LogP contribution in [-0.4, -0.2) is 29.5 Å². The summed E-state index contributed by atoms with van der Waals surface area (Å²) in [6, 6.07) is 16.9. The van der Waals surface area contributed by atoms with E-state index in [0.717, 1.165) is 47.4 Å². The molecule has 1 atom stereocenters. The number of para-hydroxylation sites is 1. The van der Waals surface area contributed by atoms with Gasteiger partial charge in [-0.05, 0) is 50.7 Å². The number of aryl methyl sites for hydroxylation is 2. The third kappa shape index (κ3) is 6.48. The number of anilines is 1. The number of hydrogen-bond donors (Lipinski definition) is 1. The van der Waals surface area contributed by atoms with E-state index in [0.29, 0.717) is 0 Å². The average molecular weight is 485 g/mol. The van der Waals surface area contributed by atoms with Crippen molar-refractivity contribution in [3.63, 3.8) is 0 Å². The van der Waals surface area contributed by atoms with Crippen molar-refractivity contribution in [3.8, 4) is 0 Å². The predicted octanol–water partition coefficient (Wildman–Crippen LogP) is 6.25. The number of nitrogens with one attached hydrogen (secondary N) is 1. The van der Waals surface area contributed by atoms with Crippen LogP contribution in [-0.2, 0) is 44.0 Å². The molecular weight excluding hydrogens is 445 g/mol. The minimum absolute atomic E-state index is 0. The molecule has 161 valence electrons. The van der Waals surface area contributed by atoms with E-state index in [1.54, 1.807) is 0 Å². The first-order chi connectivity index (χ1) is 13.6. The zero-order valence-electron chi connectivity index (χ0n) is 18.3. The van der Waals surface area contributed by atoms with Crippen LogP contribution in [0.15, 0.2) is 48.5 Å². The van der Waals surface area contributed by atoms with E-state index in [2.05, 4.69) is 74.6 Å². The van der Waals surface area contributed by atoms with Gasteiger partial charge in [-0.2, -0.15) is 0 Å². The molecule has 2 aromatic carbocycles. The molecule has 30 heavy (non-hydrogen) atoms. The Balaban J connectivity index is 0.00000225. The first-order valence-electron chi connectivity index (χ1n) is 10.8. The largest absolute Gasteiger partial charge is 0.320 e. The second-order valence-corrected chi connectivity index (χ2v) is 8.40. The SMILES string of the molecule is C.CCC(C(=O)Nc1c(C)cccc1C)[N+]1(Cc2ccccc2)CCCCCC1.[Y]. The van der Waals surface area contributed by atoms with E-state index in [1.165, 1.54) is 31.2 Å². The summed E-state index contributed by atoms with van der Waals surface area (Å²) in [6.45, 7) is 9.44. The summed E-state index contributed by atoms with van der Waals surface area (Å²) in [7, 11) is 0. The summed E-state index contributed by atoms with van der Waals surface area (Å²) in [5, 5.41) is 3.30. The topological polar surface area (TPSA) is 29.1 Å². The van der Waals surface area contributed by atoms with Crippen LogP contribution >= 0.6 is 0 Å². The standard InChI is InChI=1S/C25H34N2O.CH4.Y/c1-4-23(25(28)26-24-20(2)13-12-14-21(24)3)27(17-10-5-6-11-18-27)19-22-15-8-7-9-16-22;;/h7-9,12-16,23H,4-6,10-11,17-19H2,1-3H3;1H4;/p+1. The molecule has 2 aromatic rings. The summed E-state index contributed by atoms with van der Waals surface area (Å²) < 4.78 is 0.886. The minimum Gasteiger partial charge on any atom is -0.320 e.